The van der Waals surface area contributed by atoms with E-state index >= 15 is 0 Å². The molecule has 0 aliphatic carbocycles. The van der Waals surface area contributed by atoms with Gasteiger partial charge in [0, 0.05) is 23.9 Å². The van der Waals surface area contributed by atoms with Crippen LogP contribution in [0.5, 0.6) is 5.75 Å². The molecule has 5 nitrogen and oxygen atoms in total. The molecule has 2 heterocycles. The van der Waals surface area contributed by atoms with Gasteiger partial charge in [-0.15, -0.1) is 11.3 Å². The SMILES string of the molecule is O=S(=O)(NC[C@H]1Cc2ccccc2O1)c1csc(-c2ccc(F)cc2)n1. The van der Waals surface area contributed by atoms with E-state index in [-0.39, 0.29) is 23.5 Å². The highest BCUT2D eigenvalue weighted by Crippen LogP contribution is 2.28. The van der Waals surface area contributed by atoms with Crippen LogP contribution in [0, 0.1) is 5.82 Å². The summed E-state index contributed by atoms with van der Waals surface area (Å²) in [7, 11) is -3.74. The quantitative estimate of drug-likeness (QED) is 0.726. The molecule has 0 bridgehead atoms. The Balaban J connectivity index is 1.44. The number of aromatic nitrogens is 1. The van der Waals surface area contributed by atoms with Gasteiger partial charge in [0.1, 0.15) is 22.7 Å². The number of para-hydroxylation sites is 1. The van der Waals surface area contributed by atoms with Crippen molar-refractivity contribution in [1.29, 1.82) is 0 Å². The minimum absolute atomic E-state index is 0.0441. The molecule has 0 saturated carbocycles. The van der Waals surface area contributed by atoms with Crippen LogP contribution in [0.2, 0.25) is 0 Å². The number of nitrogens with zero attached hydrogens (tertiary/aromatic N) is 1. The lowest BCUT2D eigenvalue weighted by molar-refractivity contribution is 0.236. The van der Waals surface area contributed by atoms with E-state index in [2.05, 4.69) is 9.71 Å². The number of halogens is 1. The molecule has 26 heavy (non-hydrogen) atoms. The first-order chi connectivity index (χ1) is 12.5. The number of thiazole rings is 1. The minimum Gasteiger partial charge on any atom is -0.488 e. The number of sulfonamides is 1. The Labute approximate surface area is 154 Å². The molecule has 0 saturated heterocycles. The zero-order valence-corrected chi connectivity index (χ0v) is 15.2. The van der Waals surface area contributed by atoms with E-state index < -0.39 is 10.0 Å². The third-order valence-corrected chi connectivity index (χ3v) is 6.41. The second-order valence-electron chi connectivity index (χ2n) is 5.90. The third-order valence-electron chi connectivity index (χ3n) is 4.06. The van der Waals surface area contributed by atoms with Crippen LogP contribution in [0.4, 0.5) is 4.39 Å². The second kappa shape index (κ2) is 6.79. The summed E-state index contributed by atoms with van der Waals surface area (Å²) in [5.74, 6) is 0.446. The number of hydrogen-bond acceptors (Lipinski definition) is 5. The number of ether oxygens (including phenoxy) is 1. The fraction of sp³-hybridized carbons (Fsp3) is 0.167. The summed E-state index contributed by atoms with van der Waals surface area (Å²) < 4.78 is 46.3. The Kier molecular flexibility index (Phi) is 4.47. The molecule has 3 aromatic rings. The summed E-state index contributed by atoms with van der Waals surface area (Å²) in [5, 5.41) is 1.96. The van der Waals surface area contributed by atoms with Crippen molar-refractivity contribution >= 4 is 21.4 Å². The average molecular weight is 390 g/mol. The Hall–Kier alpha value is -2.29. The molecule has 2 aromatic carbocycles. The van der Waals surface area contributed by atoms with Gasteiger partial charge in [0.2, 0.25) is 0 Å². The Morgan fingerprint density at radius 1 is 1.19 bits per heavy atom. The molecule has 1 aliphatic heterocycles. The number of fused-ring (bicyclic) bond motifs is 1. The van der Waals surface area contributed by atoms with Crippen LogP contribution in [-0.2, 0) is 16.4 Å². The zero-order valence-electron chi connectivity index (χ0n) is 13.6. The van der Waals surface area contributed by atoms with Gasteiger partial charge in [-0.3, -0.25) is 0 Å². The Morgan fingerprint density at radius 3 is 2.73 bits per heavy atom. The van der Waals surface area contributed by atoms with Gasteiger partial charge in [-0.1, -0.05) is 18.2 Å². The summed E-state index contributed by atoms with van der Waals surface area (Å²) in [6.07, 6.45) is 0.425. The van der Waals surface area contributed by atoms with Crippen LogP contribution < -0.4 is 9.46 Å². The van der Waals surface area contributed by atoms with E-state index in [1.807, 2.05) is 24.3 Å². The van der Waals surface area contributed by atoms with Crippen molar-refractivity contribution in [3.63, 3.8) is 0 Å². The van der Waals surface area contributed by atoms with E-state index in [9.17, 15) is 12.8 Å². The average Bonchev–Trinajstić information content (AvgIpc) is 3.28. The fourth-order valence-corrected chi connectivity index (χ4v) is 4.91. The molecule has 0 unspecified atom stereocenters. The van der Waals surface area contributed by atoms with Crippen LogP contribution in [-0.4, -0.2) is 26.1 Å². The predicted molar refractivity (Wildman–Crippen MR) is 97.3 cm³/mol. The molecule has 0 radical (unpaired) electrons. The normalized spacial score (nSPS) is 16.3. The van der Waals surface area contributed by atoms with Gasteiger partial charge in [0.25, 0.3) is 10.0 Å². The van der Waals surface area contributed by atoms with Gasteiger partial charge < -0.3 is 4.74 Å². The van der Waals surface area contributed by atoms with E-state index in [0.29, 0.717) is 17.0 Å². The summed E-state index contributed by atoms with van der Waals surface area (Å²) in [5.41, 5.74) is 1.75. The summed E-state index contributed by atoms with van der Waals surface area (Å²) in [6.45, 7) is 0.167. The van der Waals surface area contributed by atoms with E-state index in [4.69, 9.17) is 4.74 Å². The molecular formula is C18H15FN2O3S2. The Morgan fingerprint density at radius 2 is 1.96 bits per heavy atom. The van der Waals surface area contributed by atoms with Crippen molar-refractivity contribution in [2.45, 2.75) is 17.6 Å². The first-order valence-electron chi connectivity index (χ1n) is 7.97. The lowest BCUT2D eigenvalue weighted by atomic mass is 10.1. The predicted octanol–water partition coefficient (Wildman–Crippen LogP) is 3.23. The van der Waals surface area contributed by atoms with E-state index in [1.165, 1.54) is 28.8 Å². The highest BCUT2D eigenvalue weighted by molar-refractivity contribution is 7.89. The summed E-state index contributed by atoms with van der Waals surface area (Å²) in [4.78, 5) is 4.17. The standard InChI is InChI=1S/C18H15FN2O3S2/c19-14-7-5-12(6-8-14)18-21-17(11-25-18)26(22,23)20-10-15-9-13-3-1-2-4-16(13)24-15/h1-8,11,15,20H,9-10H2/t15-/m1/s1. The minimum atomic E-state index is -3.74. The van der Waals surface area contributed by atoms with Crippen molar-refractivity contribution in [3.05, 3.63) is 65.3 Å². The maximum absolute atomic E-state index is 13.0. The zero-order chi connectivity index (χ0) is 18.1. The first kappa shape index (κ1) is 17.1. The summed E-state index contributed by atoms with van der Waals surface area (Å²) in [6, 6.07) is 13.4. The van der Waals surface area contributed by atoms with Crippen molar-refractivity contribution in [3.8, 4) is 16.3 Å². The van der Waals surface area contributed by atoms with Crippen LogP contribution in [0.3, 0.4) is 0 Å². The van der Waals surface area contributed by atoms with Gasteiger partial charge in [-0.05, 0) is 35.9 Å². The molecule has 1 atom stereocenters. The van der Waals surface area contributed by atoms with Crippen molar-refractivity contribution in [2.24, 2.45) is 0 Å². The van der Waals surface area contributed by atoms with Crippen LogP contribution >= 0.6 is 11.3 Å². The van der Waals surface area contributed by atoms with Gasteiger partial charge in [0.15, 0.2) is 5.03 Å². The largest absolute Gasteiger partial charge is 0.488 e. The van der Waals surface area contributed by atoms with Gasteiger partial charge in [-0.2, -0.15) is 0 Å². The van der Waals surface area contributed by atoms with Gasteiger partial charge in [-0.25, -0.2) is 22.5 Å². The number of rotatable bonds is 5. The lowest BCUT2D eigenvalue weighted by Crippen LogP contribution is -2.34. The van der Waals surface area contributed by atoms with Crippen molar-refractivity contribution < 1.29 is 17.5 Å². The number of hydrogen-bond donors (Lipinski definition) is 1. The monoisotopic (exact) mass is 390 g/mol. The second-order valence-corrected chi connectivity index (χ2v) is 8.47. The molecule has 4 rings (SSSR count). The highest BCUT2D eigenvalue weighted by atomic mass is 32.2. The van der Waals surface area contributed by atoms with Crippen LogP contribution in [0.1, 0.15) is 5.56 Å². The smallest absolute Gasteiger partial charge is 0.259 e. The fourth-order valence-electron chi connectivity index (χ4n) is 2.75. The molecule has 134 valence electrons. The highest BCUT2D eigenvalue weighted by Gasteiger charge is 2.25. The Bertz CT molecular complexity index is 1010. The van der Waals surface area contributed by atoms with Gasteiger partial charge >= 0.3 is 0 Å². The number of benzene rings is 2. The molecule has 1 N–H and O–H groups in total. The molecule has 0 fully saturated rings. The summed E-state index contributed by atoms with van der Waals surface area (Å²) >= 11 is 1.20. The van der Waals surface area contributed by atoms with E-state index in [0.717, 1.165) is 11.3 Å². The first-order valence-corrected chi connectivity index (χ1v) is 10.3. The molecular weight excluding hydrogens is 375 g/mol. The molecule has 8 heteroatoms. The van der Waals surface area contributed by atoms with Crippen LogP contribution in [0.25, 0.3) is 10.6 Å². The van der Waals surface area contributed by atoms with Gasteiger partial charge in [0.05, 0.1) is 0 Å². The lowest BCUT2D eigenvalue weighted by Gasteiger charge is -2.11. The molecule has 1 aliphatic rings. The van der Waals surface area contributed by atoms with E-state index in [1.54, 1.807) is 12.1 Å². The number of nitrogens with one attached hydrogen (secondary N) is 1. The van der Waals surface area contributed by atoms with Crippen molar-refractivity contribution in [2.75, 3.05) is 6.54 Å². The maximum Gasteiger partial charge on any atom is 0.259 e. The van der Waals surface area contributed by atoms with Crippen LogP contribution in [0.15, 0.2) is 58.9 Å². The third kappa shape index (κ3) is 3.48. The topological polar surface area (TPSA) is 68.3 Å². The molecule has 1 aromatic heterocycles. The maximum atomic E-state index is 13.0. The molecule has 0 spiro atoms. The van der Waals surface area contributed by atoms with Crippen molar-refractivity contribution in [1.82, 2.24) is 9.71 Å². The molecule has 0 amide bonds.